The van der Waals surface area contributed by atoms with Crippen LogP contribution >= 0.6 is 0 Å². The Hall–Kier alpha value is -2.58. The number of fused-ring (bicyclic) bond motifs is 1. The van der Waals surface area contributed by atoms with E-state index in [0.29, 0.717) is 12.6 Å². The number of nitrogens with zero attached hydrogens (tertiary/aromatic N) is 2. The summed E-state index contributed by atoms with van der Waals surface area (Å²) in [7, 11) is -3.50. The summed E-state index contributed by atoms with van der Waals surface area (Å²) < 4.78 is 33.8. The van der Waals surface area contributed by atoms with E-state index in [1.54, 1.807) is 30.3 Å². The van der Waals surface area contributed by atoms with Crippen molar-refractivity contribution in [3.8, 4) is 11.3 Å². The monoisotopic (exact) mass is 449 g/mol. The van der Waals surface area contributed by atoms with Crippen LogP contribution in [0.25, 0.3) is 11.3 Å². The van der Waals surface area contributed by atoms with E-state index < -0.39 is 10.0 Å². The highest BCUT2D eigenvalue weighted by atomic mass is 32.2. The van der Waals surface area contributed by atoms with Crippen LogP contribution in [0.15, 0.2) is 83.9 Å². The van der Waals surface area contributed by atoms with Gasteiger partial charge in [0.05, 0.1) is 22.8 Å². The molecular formula is C25H27N3O3S. The highest BCUT2D eigenvalue weighted by Crippen LogP contribution is 2.33. The summed E-state index contributed by atoms with van der Waals surface area (Å²) in [5, 5.41) is 0. The molecule has 3 aromatic rings. The van der Waals surface area contributed by atoms with Crippen LogP contribution in [-0.4, -0.2) is 49.6 Å². The number of benzene rings is 2. The number of aromatic nitrogens is 1. The standard InChI is InChI=1S/C25H27N3O3S/c29-32(30,22-9-2-1-3-10-22)27-16-21-12-13-24-25(31-21)18-28(24)17-19-7-6-8-20(15-19)23-11-4-5-14-26-23/h1-11,14-15,21,24-25,27H,12-13,16-18H2/t21-,24+,25+/m0/s1. The molecule has 2 aliphatic heterocycles. The van der Waals surface area contributed by atoms with E-state index in [-0.39, 0.29) is 17.1 Å². The maximum absolute atomic E-state index is 12.4. The second-order valence-electron chi connectivity index (χ2n) is 8.45. The van der Waals surface area contributed by atoms with Gasteiger partial charge in [0.15, 0.2) is 0 Å². The Morgan fingerprint density at radius 2 is 1.84 bits per heavy atom. The summed E-state index contributed by atoms with van der Waals surface area (Å²) in [6.45, 7) is 2.07. The Kier molecular flexibility index (Phi) is 6.06. The van der Waals surface area contributed by atoms with E-state index in [9.17, 15) is 8.42 Å². The summed E-state index contributed by atoms with van der Waals surface area (Å²) in [4.78, 5) is 7.19. The van der Waals surface area contributed by atoms with E-state index in [4.69, 9.17) is 4.74 Å². The second-order valence-corrected chi connectivity index (χ2v) is 10.2. The lowest BCUT2D eigenvalue weighted by atomic mass is 9.89. The maximum atomic E-state index is 12.4. The van der Waals surface area contributed by atoms with Gasteiger partial charge in [-0.05, 0) is 48.7 Å². The maximum Gasteiger partial charge on any atom is 0.240 e. The van der Waals surface area contributed by atoms with Gasteiger partial charge in [-0.2, -0.15) is 0 Å². The summed E-state index contributed by atoms with van der Waals surface area (Å²) in [5.74, 6) is 0. The molecule has 0 aliphatic carbocycles. The molecule has 2 aliphatic rings. The van der Waals surface area contributed by atoms with Crippen molar-refractivity contribution in [1.82, 2.24) is 14.6 Å². The fourth-order valence-corrected chi connectivity index (χ4v) is 5.66. The van der Waals surface area contributed by atoms with E-state index in [1.165, 1.54) is 5.56 Å². The molecule has 6 nitrogen and oxygen atoms in total. The Bertz CT molecular complexity index is 1160. The molecular weight excluding hydrogens is 422 g/mol. The van der Waals surface area contributed by atoms with E-state index >= 15 is 0 Å². The molecule has 1 aromatic heterocycles. The topological polar surface area (TPSA) is 71.5 Å². The van der Waals surface area contributed by atoms with E-state index in [0.717, 1.165) is 37.2 Å². The minimum Gasteiger partial charge on any atom is -0.371 e. The molecule has 1 N–H and O–H groups in total. The number of pyridine rings is 1. The number of ether oxygens (including phenoxy) is 1. The molecule has 166 valence electrons. The quantitative estimate of drug-likeness (QED) is 0.598. The van der Waals surface area contributed by atoms with Gasteiger partial charge in [0, 0.05) is 37.4 Å². The summed E-state index contributed by atoms with van der Waals surface area (Å²) >= 11 is 0. The molecule has 2 aromatic carbocycles. The molecule has 7 heteroatoms. The fourth-order valence-electron chi connectivity index (χ4n) is 4.57. The number of sulfonamides is 1. The first-order chi connectivity index (χ1) is 15.6. The second kappa shape index (κ2) is 9.11. The van der Waals surface area contributed by atoms with Crippen LogP contribution in [0.3, 0.4) is 0 Å². The van der Waals surface area contributed by atoms with Crippen molar-refractivity contribution >= 4 is 10.0 Å². The lowest BCUT2D eigenvalue weighted by Gasteiger charge is -2.52. The summed E-state index contributed by atoms with van der Waals surface area (Å²) in [6, 6.07) is 23.4. The zero-order valence-corrected chi connectivity index (χ0v) is 18.6. The largest absolute Gasteiger partial charge is 0.371 e. The molecule has 3 heterocycles. The fraction of sp³-hybridized carbons (Fsp3) is 0.320. The summed E-state index contributed by atoms with van der Waals surface area (Å²) in [5.41, 5.74) is 3.38. The van der Waals surface area contributed by atoms with Crippen LogP contribution in [0.4, 0.5) is 0 Å². The number of likely N-dealkylation sites (tertiary alicyclic amines) is 1. The molecule has 0 amide bonds. The molecule has 5 rings (SSSR count). The number of hydrogen-bond donors (Lipinski definition) is 1. The molecule has 0 radical (unpaired) electrons. The third-order valence-electron chi connectivity index (χ3n) is 6.29. The van der Waals surface area contributed by atoms with Gasteiger partial charge in [0.2, 0.25) is 10.0 Å². The van der Waals surface area contributed by atoms with Gasteiger partial charge < -0.3 is 4.74 Å². The molecule has 3 atom stereocenters. The predicted octanol–water partition coefficient (Wildman–Crippen LogP) is 3.46. The minimum atomic E-state index is -3.50. The van der Waals surface area contributed by atoms with Crippen LogP contribution in [0.2, 0.25) is 0 Å². The first-order valence-corrected chi connectivity index (χ1v) is 12.5. The lowest BCUT2D eigenvalue weighted by molar-refractivity contribution is -0.168. The third kappa shape index (κ3) is 4.61. The zero-order chi connectivity index (χ0) is 22.0. The molecule has 0 unspecified atom stereocenters. The average molecular weight is 450 g/mol. The van der Waals surface area contributed by atoms with Crippen LogP contribution in [-0.2, 0) is 21.3 Å². The molecule has 0 spiro atoms. The van der Waals surface area contributed by atoms with Crippen LogP contribution in [0, 0.1) is 0 Å². The van der Waals surface area contributed by atoms with Gasteiger partial charge in [0.1, 0.15) is 0 Å². The van der Waals surface area contributed by atoms with Crippen molar-refractivity contribution in [2.75, 3.05) is 13.1 Å². The van der Waals surface area contributed by atoms with Crippen LogP contribution in [0.1, 0.15) is 18.4 Å². The minimum absolute atomic E-state index is 0.0793. The molecule has 2 saturated heterocycles. The van der Waals surface area contributed by atoms with Crippen molar-refractivity contribution < 1.29 is 13.2 Å². The number of hydrogen-bond acceptors (Lipinski definition) is 5. The smallest absolute Gasteiger partial charge is 0.240 e. The van der Waals surface area contributed by atoms with Gasteiger partial charge in [-0.1, -0.05) is 42.5 Å². The predicted molar refractivity (Wildman–Crippen MR) is 123 cm³/mol. The van der Waals surface area contributed by atoms with Crippen LogP contribution < -0.4 is 4.72 Å². The van der Waals surface area contributed by atoms with Gasteiger partial charge in [-0.3, -0.25) is 9.88 Å². The van der Waals surface area contributed by atoms with Crippen molar-refractivity contribution in [2.24, 2.45) is 0 Å². The molecule has 0 saturated carbocycles. The van der Waals surface area contributed by atoms with Gasteiger partial charge in [-0.25, -0.2) is 13.1 Å². The number of nitrogens with one attached hydrogen (secondary N) is 1. The average Bonchev–Trinajstić information content (AvgIpc) is 2.83. The zero-order valence-electron chi connectivity index (χ0n) is 17.8. The first-order valence-electron chi connectivity index (χ1n) is 11.0. The Morgan fingerprint density at radius 1 is 1.00 bits per heavy atom. The normalized spacial score (nSPS) is 23.3. The third-order valence-corrected chi connectivity index (χ3v) is 7.73. The highest BCUT2D eigenvalue weighted by Gasteiger charge is 2.43. The van der Waals surface area contributed by atoms with E-state index in [1.807, 2.05) is 24.4 Å². The summed E-state index contributed by atoms with van der Waals surface area (Å²) in [6.07, 6.45) is 3.78. The molecule has 0 bridgehead atoms. The first kappa shape index (κ1) is 21.3. The SMILES string of the molecule is O=S(=O)(NC[C@@H]1CC[C@@H]2[C@@H](CN2Cc2cccc(-c3ccccn3)c2)O1)c1ccccc1. The Labute approximate surface area is 189 Å². The lowest BCUT2D eigenvalue weighted by Crippen LogP contribution is -2.64. The van der Waals surface area contributed by atoms with Gasteiger partial charge in [-0.15, -0.1) is 0 Å². The Balaban J connectivity index is 1.14. The van der Waals surface area contributed by atoms with E-state index in [2.05, 4.69) is 38.9 Å². The van der Waals surface area contributed by atoms with Gasteiger partial charge in [0.25, 0.3) is 0 Å². The van der Waals surface area contributed by atoms with Crippen molar-refractivity contribution in [3.05, 3.63) is 84.6 Å². The van der Waals surface area contributed by atoms with Gasteiger partial charge >= 0.3 is 0 Å². The van der Waals surface area contributed by atoms with Crippen molar-refractivity contribution in [1.29, 1.82) is 0 Å². The van der Waals surface area contributed by atoms with Crippen LogP contribution in [0.5, 0.6) is 0 Å². The van der Waals surface area contributed by atoms with Crippen molar-refractivity contribution in [3.63, 3.8) is 0 Å². The molecule has 2 fully saturated rings. The Morgan fingerprint density at radius 3 is 2.62 bits per heavy atom. The highest BCUT2D eigenvalue weighted by molar-refractivity contribution is 7.89. The number of rotatable bonds is 7. The van der Waals surface area contributed by atoms with Crippen molar-refractivity contribution in [2.45, 2.75) is 42.5 Å². The molecule has 32 heavy (non-hydrogen) atoms.